The Kier molecular flexibility index (Phi) is 4.92. The first-order valence-electron chi connectivity index (χ1n) is 9.19. The van der Waals surface area contributed by atoms with Crippen LogP contribution in [0.15, 0.2) is 53.5 Å². The van der Waals surface area contributed by atoms with Crippen LogP contribution in [0.2, 0.25) is 0 Å². The number of likely N-dealkylation sites (tertiary alicyclic amines) is 1. The van der Waals surface area contributed by atoms with E-state index in [0.29, 0.717) is 30.3 Å². The average molecular weight is 379 g/mol. The quantitative estimate of drug-likeness (QED) is 0.748. The predicted octanol–water partition coefficient (Wildman–Crippen LogP) is 1.98. The highest BCUT2D eigenvalue weighted by Crippen LogP contribution is 2.26. The normalized spacial score (nSPS) is 14.8. The molecule has 4 rings (SSSR count). The number of aromatic nitrogens is 4. The minimum Gasteiger partial charge on any atom is -0.497 e. The van der Waals surface area contributed by atoms with E-state index in [2.05, 4.69) is 15.1 Å². The number of nitrogens with one attached hydrogen (secondary N) is 1. The minimum absolute atomic E-state index is 0.00797. The first-order valence-corrected chi connectivity index (χ1v) is 9.19. The molecule has 8 heteroatoms. The Morgan fingerprint density at radius 3 is 2.54 bits per heavy atom. The molecule has 0 radical (unpaired) electrons. The zero-order chi connectivity index (χ0) is 19.5. The van der Waals surface area contributed by atoms with Crippen molar-refractivity contribution in [3.63, 3.8) is 0 Å². The van der Waals surface area contributed by atoms with Crippen LogP contribution in [0.1, 0.15) is 34.9 Å². The van der Waals surface area contributed by atoms with E-state index in [4.69, 9.17) is 4.74 Å². The molecule has 3 aromatic rings. The molecule has 1 aliphatic heterocycles. The third kappa shape index (κ3) is 3.53. The Morgan fingerprint density at radius 2 is 1.89 bits per heavy atom. The molecule has 0 spiro atoms. The smallest absolute Gasteiger partial charge is 0.349 e. The van der Waals surface area contributed by atoms with Crippen molar-refractivity contribution in [2.24, 2.45) is 0 Å². The first-order chi connectivity index (χ1) is 13.7. The second-order valence-electron chi connectivity index (χ2n) is 6.71. The summed E-state index contributed by atoms with van der Waals surface area (Å²) in [6.07, 6.45) is 3.12. The van der Waals surface area contributed by atoms with E-state index in [1.165, 1.54) is 4.68 Å². The zero-order valence-electron chi connectivity index (χ0n) is 15.5. The van der Waals surface area contributed by atoms with Gasteiger partial charge < -0.3 is 9.64 Å². The van der Waals surface area contributed by atoms with Gasteiger partial charge in [-0.25, -0.2) is 9.78 Å². The number of H-pyrrole nitrogens is 1. The predicted molar refractivity (Wildman–Crippen MR) is 103 cm³/mol. The highest BCUT2D eigenvalue weighted by atomic mass is 16.5. The standard InChI is InChI=1S/C20H21N5O3/c1-28-16-7-5-15(6-8-16)19(26)24-12-9-14(10-13-24)18-22-20(27)25(23-18)17-4-2-3-11-21-17/h2-8,11,14H,9-10,12-13H2,1H3,(H,22,23,27). The molecule has 144 valence electrons. The Morgan fingerprint density at radius 1 is 1.14 bits per heavy atom. The Bertz CT molecular complexity index is 1000. The number of carbonyl (C=O) groups excluding carboxylic acids is 1. The fraction of sp³-hybridized carbons (Fsp3) is 0.300. The van der Waals surface area contributed by atoms with Crippen molar-refractivity contribution in [2.45, 2.75) is 18.8 Å². The van der Waals surface area contributed by atoms with Gasteiger partial charge in [-0.1, -0.05) is 6.07 Å². The fourth-order valence-electron chi connectivity index (χ4n) is 3.43. The summed E-state index contributed by atoms with van der Waals surface area (Å²) in [5.41, 5.74) is 0.345. The Balaban J connectivity index is 1.43. The summed E-state index contributed by atoms with van der Waals surface area (Å²) in [4.78, 5) is 33.8. The maximum atomic E-state index is 12.7. The lowest BCUT2D eigenvalue weighted by molar-refractivity contribution is 0.0711. The molecule has 3 heterocycles. The summed E-state index contributed by atoms with van der Waals surface area (Å²) in [5.74, 6) is 1.98. The molecular weight excluding hydrogens is 358 g/mol. The molecule has 1 saturated heterocycles. The Labute approximate surface area is 161 Å². The summed E-state index contributed by atoms with van der Waals surface area (Å²) in [7, 11) is 1.60. The van der Waals surface area contributed by atoms with Gasteiger partial charge in [-0.3, -0.25) is 9.78 Å². The third-order valence-electron chi connectivity index (χ3n) is 5.01. The van der Waals surface area contributed by atoms with Crippen molar-refractivity contribution in [3.8, 4) is 11.6 Å². The number of piperidine rings is 1. The van der Waals surface area contributed by atoms with E-state index < -0.39 is 0 Å². The summed E-state index contributed by atoms with van der Waals surface area (Å²) in [6, 6.07) is 12.5. The van der Waals surface area contributed by atoms with Crippen molar-refractivity contribution in [2.75, 3.05) is 20.2 Å². The molecular formula is C20H21N5O3. The molecule has 2 aromatic heterocycles. The average Bonchev–Trinajstić information content (AvgIpc) is 3.15. The molecule has 8 nitrogen and oxygen atoms in total. The molecule has 0 aliphatic carbocycles. The zero-order valence-corrected chi connectivity index (χ0v) is 15.5. The number of pyridine rings is 1. The second kappa shape index (κ2) is 7.67. The van der Waals surface area contributed by atoms with Crippen molar-refractivity contribution in [1.29, 1.82) is 0 Å². The molecule has 1 aliphatic rings. The molecule has 1 N–H and O–H groups in total. The summed E-state index contributed by atoms with van der Waals surface area (Å²) >= 11 is 0. The maximum absolute atomic E-state index is 12.7. The number of hydrogen-bond donors (Lipinski definition) is 1. The number of methoxy groups -OCH3 is 1. The SMILES string of the molecule is COc1ccc(C(=O)N2CCC(c3nn(-c4ccccn4)c(=O)[nH]3)CC2)cc1. The largest absolute Gasteiger partial charge is 0.497 e. The van der Waals surface area contributed by atoms with Gasteiger partial charge in [0.2, 0.25) is 0 Å². The van der Waals surface area contributed by atoms with E-state index in [9.17, 15) is 9.59 Å². The number of nitrogens with zero attached hydrogens (tertiary/aromatic N) is 4. The fourth-order valence-corrected chi connectivity index (χ4v) is 3.43. The van der Waals surface area contributed by atoms with E-state index in [-0.39, 0.29) is 17.5 Å². The lowest BCUT2D eigenvalue weighted by atomic mass is 9.95. The number of hydrogen-bond acceptors (Lipinski definition) is 5. The molecule has 0 unspecified atom stereocenters. The second-order valence-corrected chi connectivity index (χ2v) is 6.71. The van der Waals surface area contributed by atoms with E-state index >= 15 is 0 Å². The van der Waals surface area contributed by atoms with Crippen LogP contribution >= 0.6 is 0 Å². The minimum atomic E-state index is -0.301. The van der Waals surface area contributed by atoms with Crippen LogP contribution in [-0.2, 0) is 0 Å². The third-order valence-corrected chi connectivity index (χ3v) is 5.01. The number of amides is 1. The van der Waals surface area contributed by atoms with Crippen LogP contribution in [0.5, 0.6) is 5.75 Å². The molecule has 28 heavy (non-hydrogen) atoms. The van der Waals surface area contributed by atoms with Crippen molar-refractivity contribution < 1.29 is 9.53 Å². The number of rotatable bonds is 4. The van der Waals surface area contributed by atoms with Crippen LogP contribution in [0.25, 0.3) is 5.82 Å². The van der Waals surface area contributed by atoms with Gasteiger partial charge in [0.25, 0.3) is 5.91 Å². The van der Waals surface area contributed by atoms with Crippen LogP contribution in [0.4, 0.5) is 0 Å². The van der Waals surface area contributed by atoms with Crippen LogP contribution in [0, 0.1) is 0 Å². The van der Waals surface area contributed by atoms with Gasteiger partial charge in [-0.15, -0.1) is 5.10 Å². The van der Waals surface area contributed by atoms with Gasteiger partial charge in [0.05, 0.1) is 7.11 Å². The number of aromatic amines is 1. The maximum Gasteiger partial charge on any atom is 0.349 e. The molecule has 1 amide bonds. The van der Waals surface area contributed by atoms with Crippen molar-refractivity contribution >= 4 is 5.91 Å². The van der Waals surface area contributed by atoms with E-state index in [0.717, 1.165) is 18.6 Å². The number of benzene rings is 1. The van der Waals surface area contributed by atoms with E-state index in [1.54, 1.807) is 49.7 Å². The van der Waals surface area contributed by atoms with Crippen molar-refractivity contribution in [3.05, 3.63) is 70.5 Å². The molecule has 0 bridgehead atoms. The van der Waals surface area contributed by atoms with Gasteiger partial charge in [-0.2, -0.15) is 4.68 Å². The lowest BCUT2D eigenvalue weighted by Gasteiger charge is -2.31. The van der Waals surface area contributed by atoms with Crippen molar-refractivity contribution in [1.82, 2.24) is 24.6 Å². The van der Waals surface area contributed by atoms with Gasteiger partial charge in [0.15, 0.2) is 5.82 Å². The monoisotopic (exact) mass is 379 g/mol. The summed E-state index contributed by atoms with van der Waals surface area (Å²) < 4.78 is 6.42. The highest BCUT2D eigenvalue weighted by molar-refractivity contribution is 5.94. The molecule has 0 atom stereocenters. The number of ether oxygens (including phenoxy) is 1. The van der Waals surface area contributed by atoms with Crippen LogP contribution in [-0.4, -0.2) is 50.8 Å². The van der Waals surface area contributed by atoms with Gasteiger partial charge in [-0.05, 0) is 49.2 Å². The number of carbonyl (C=O) groups is 1. The highest BCUT2D eigenvalue weighted by Gasteiger charge is 2.27. The first kappa shape index (κ1) is 18.0. The molecule has 1 fully saturated rings. The summed E-state index contributed by atoms with van der Waals surface area (Å²) in [6.45, 7) is 1.24. The molecule has 0 saturated carbocycles. The van der Waals surface area contributed by atoms with Gasteiger partial charge in [0, 0.05) is 30.8 Å². The van der Waals surface area contributed by atoms with E-state index in [1.807, 2.05) is 11.0 Å². The van der Waals surface area contributed by atoms with Crippen LogP contribution < -0.4 is 10.4 Å². The topological polar surface area (TPSA) is 93.1 Å². The lowest BCUT2D eigenvalue weighted by Crippen LogP contribution is -2.38. The summed E-state index contributed by atoms with van der Waals surface area (Å²) in [5, 5.41) is 4.42. The Hall–Kier alpha value is -3.42. The van der Waals surface area contributed by atoms with Gasteiger partial charge in [0.1, 0.15) is 11.6 Å². The molecule has 1 aromatic carbocycles. The van der Waals surface area contributed by atoms with Crippen LogP contribution in [0.3, 0.4) is 0 Å². The van der Waals surface area contributed by atoms with Gasteiger partial charge >= 0.3 is 5.69 Å².